The Labute approximate surface area is 86.9 Å². The predicted octanol–water partition coefficient (Wildman–Crippen LogP) is 3.27. The molecule has 1 N–H and O–H groups in total. The van der Waals surface area contributed by atoms with Gasteiger partial charge in [-0.05, 0) is 6.42 Å². The van der Waals surface area contributed by atoms with Gasteiger partial charge >= 0.3 is 6.09 Å². The number of carbonyl (C=O) groups is 1. The average molecular weight is 200 g/mol. The monoisotopic (exact) mass is 200 g/mol. The van der Waals surface area contributed by atoms with Gasteiger partial charge in [0.2, 0.25) is 0 Å². The molecule has 0 heterocycles. The van der Waals surface area contributed by atoms with Crippen LogP contribution in [0.2, 0.25) is 0 Å². The van der Waals surface area contributed by atoms with Gasteiger partial charge in [0.25, 0.3) is 0 Å². The standard InChI is InChI=1S/C11H22NO2/c1-2-3-4-5-6-7-8-9-10-12-11(13)14/h12H,2-10H2,1H3. The summed E-state index contributed by atoms with van der Waals surface area (Å²) in [5.74, 6) is 0. The second-order valence-electron chi connectivity index (χ2n) is 3.69. The van der Waals surface area contributed by atoms with Crippen LogP contribution < -0.4 is 5.32 Å². The van der Waals surface area contributed by atoms with E-state index in [1.807, 2.05) is 0 Å². The van der Waals surface area contributed by atoms with E-state index < -0.39 is 6.09 Å². The summed E-state index contributed by atoms with van der Waals surface area (Å²) in [7, 11) is 0. The predicted molar refractivity (Wildman–Crippen MR) is 56.7 cm³/mol. The van der Waals surface area contributed by atoms with E-state index in [1.54, 1.807) is 0 Å². The van der Waals surface area contributed by atoms with Gasteiger partial charge in [0.15, 0.2) is 0 Å². The molecule has 0 bridgehead atoms. The SMILES string of the molecule is CCCCCCCCCCNC([O])=O. The Morgan fingerprint density at radius 3 is 1.93 bits per heavy atom. The van der Waals surface area contributed by atoms with Crippen molar-refractivity contribution in [3.8, 4) is 0 Å². The molecule has 0 saturated heterocycles. The smallest absolute Gasteiger partial charge is 0.318 e. The van der Waals surface area contributed by atoms with Crippen molar-refractivity contribution < 1.29 is 9.90 Å². The van der Waals surface area contributed by atoms with Crippen molar-refractivity contribution in [1.29, 1.82) is 0 Å². The Bertz CT molecular complexity index is 137. The molecule has 3 nitrogen and oxygen atoms in total. The molecule has 83 valence electrons. The highest BCUT2D eigenvalue weighted by Crippen LogP contribution is 2.07. The molecule has 14 heavy (non-hydrogen) atoms. The number of nitrogens with one attached hydrogen (secondary N) is 1. The molecule has 0 saturated carbocycles. The third-order valence-electron chi connectivity index (χ3n) is 2.30. The number of hydrogen-bond donors (Lipinski definition) is 1. The van der Waals surface area contributed by atoms with Crippen LogP contribution in [0, 0.1) is 0 Å². The Kier molecular flexibility index (Phi) is 9.81. The Hall–Kier alpha value is -0.730. The van der Waals surface area contributed by atoms with E-state index in [4.69, 9.17) is 0 Å². The molecule has 0 atom stereocenters. The van der Waals surface area contributed by atoms with E-state index in [0.29, 0.717) is 6.54 Å². The molecule has 1 amide bonds. The minimum absolute atomic E-state index is 0.539. The van der Waals surface area contributed by atoms with Gasteiger partial charge in [-0.15, -0.1) is 0 Å². The van der Waals surface area contributed by atoms with Crippen molar-refractivity contribution in [2.45, 2.75) is 58.3 Å². The molecule has 1 radical (unpaired) electrons. The van der Waals surface area contributed by atoms with Crippen LogP contribution in [-0.2, 0) is 5.11 Å². The Balaban J connectivity index is 2.88. The van der Waals surface area contributed by atoms with Crippen molar-refractivity contribution in [2.24, 2.45) is 0 Å². The number of rotatable bonds is 9. The van der Waals surface area contributed by atoms with Gasteiger partial charge in [-0.2, -0.15) is 0 Å². The van der Waals surface area contributed by atoms with Gasteiger partial charge in [-0.25, -0.2) is 9.90 Å². The molecule has 0 aliphatic carbocycles. The number of unbranched alkanes of at least 4 members (excludes halogenated alkanes) is 7. The molecule has 0 aromatic heterocycles. The second kappa shape index (κ2) is 10.4. The van der Waals surface area contributed by atoms with Gasteiger partial charge in [-0.3, -0.25) is 0 Å². The lowest BCUT2D eigenvalue weighted by atomic mass is 10.1. The molecule has 0 aliphatic heterocycles. The molecule has 0 spiro atoms. The van der Waals surface area contributed by atoms with Crippen LogP contribution in [0.5, 0.6) is 0 Å². The van der Waals surface area contributed by atoms with E-state index in [-0.39, 0.29) is 0 Å². The first kappa shape index (κ1) is 13.3. The van der Waals surface area contributed by atoms with E-state index in [2.05, 4.69) is 12.2 Å². The quantitative estimate of drug-likeness (QED) is 0.570. The third-order valence-corrected chi connectivity index (χ3v) is 2.30. The van der Waals surface area contributed by atoms with Crippen LogP contribution in [-0.4, -0.2) is 12.6 Å². The van der Waals surface area contributed by atoms with Gasteiger partial charge in [0, 0.05) is 6.54 Å². The van der Waals surface area contributed by atoms with Crippen LogP contribution in [0.4, 0.5) is 4.79 Å². The zero-order valence-corrected chi connectivity index (χ0v) is 9.18. The largest absolute Gasteiger partial charge is 0.450 e. The Morgan fingerprint density at radius 2 is 1.43 bits per heavy atom. The minimum Gasteiger partial charge on any atom is -0.318 e. The highest BCUT2D eigenvalue weighted by Gasteiger charge is 1.95. The fourth-order valence-corrected chi connectivity index (χ4v) is 1.45. The van der Waals surface area contributed by atoms with E-state index in [9.17, 15) is 9.90 Å². The summed E-state index contributed by atoms with van der Waals surface area (Å²) in [5.41, 5.74) is 0. The first-order valence-corrected chi connectivity index (χ1v) is 5.72. The zero-order valence-electron chi connectivity index (χ0n) is 9.18. The maximum atomic E-state index is 9.98. The average Bonchev–Trinajstić information content (AvgIpc) is 2.15. The topological polar surface area (TPSA) is 49.0 Å². The lowest BCUT2D eigenvalue weighted by molar-refractivity contribution is 0.168. The van der Waals surface area contributed by atoms with Gasteiger partial charge in [0.1, 0.15) is 0 Å². The van der Waals surface area contributed by atoms with Gasteiger partial charge < -0.3 is 5.32 Å². The van der Waals surface area contributed by atoms with Crippen molar-refractivity contribution in [3.63, 3.8) is 0 Å². The third kappa shape index (κ3) is 11.3. The molecule has 0 aromatic rings. The summed E-state index contributed by atoms with van der Waals surface area (Å²) in [6.45, 7) is 2.75. The van der Waals surface area contributed by atoms with Crippen molar-refractivity contribution in [3.05, 3.63) is 0 Å². The van der Waals surface area contributed by atoms with Crippen molar-refractivity contribution in [2.75, 3.05) is 6.54 Å². The highest BCUT2D eigenvalue weighted by atomic mass is 16.4. The van der Waals surface area contributed by atoms with E-state index >= 15 is 0 Å². The van der Waals surface area contributed by atoms with Crippen LogP contribution in [0.1, 0.15) is 58.3 Å². The molecule has 0 rings (SSSR count). The van der Waals surface area contributed by atoms with E-state index in [0.717, 1.165) is 12.8 Å². The number of hydrogen-bond acceptors (Lipinski definition) is 1. The van der Waals surface area contributed by atoms with Crippen LogP contribution in [0.3, 0.4) is 0 Å². The van der Waals surface area contributed by atoms with Crippen LogP contribution >= 0.6 is 0 Å². The fourth-order valence-electron chi connectivity index (χ4n) is 1.45. The van der Waals surface area contributed by atoms with Gasteiger partial charge in [-0.1, -0.05) is 51.9 Å². The minimum atomic E-state index is -1.16. The summed E-state index contributed by atoms with van der Waals surface area (Å²) >= 11 is 0. The molecular weight excluding hydrogens is 178 g/mol. The molecule has 0 unspecified atom stereocenters. The van der Waals surface area contributed by atoms with Gasteiger partial charge in [0.05, 0.1) is 0 Å². The number of carbonyl (C=O) groups excluding carboxylic acids is 1. The zero-order chi connectivity index (χ0) is 10.6. The normalized spacial score (nSPS) is 10.1. The first-order valence-electron chi connectivity index (χ1n) is 5.72. The maximum Gasteiger partial charge on any atom is 0.450 e. The first-order chi connectivity index (χ1) is 6.77. The Morgan fingerprint density at radius 1 is 0.929 bits per heavy atom. The molecule has 3 heteroatoms. The summed E-state index contributed by atoms with van der Waals surface area (Å²) < 4.78 is 0. The summed E-state index contributed by atoms with van der Waals surface area (Å²) in [4.78, 5) is 9.98. The number of amides is 1. The summed E-state index contributed by atoms with van der Waals surface area (Å²) in [6, 6.07) is 0. The fraction of sp³-hybridized carbons (Fsp3) is 0.909. The molecular formula is C11H22NO2. The lowest BCUT2D eigenvalue weighted by Crippen LogP contribution is -2.20. The molecule has 0 aromatic carbocycles. The van der Waals surface area contributed by atoms with Crippen LogP contribution in [0.15, 0.2) is 0 Å². The van der Waals surface area contributed by atoms with Crippen molar-refractivity contribution in [1.82, 2.24) is 5.32 Å². The molecule has 0 aliphatic rings. The lowest BCUT2D eigenvalue weighted by Gasteiger charge is -2.01. The maximum absolute atomic E-state index is 9.98. The second-order valence-corrected chi connectivity index (χ2v) is 3.69. The summed E-state index contributed by atoms with van der Waals surface area (Å²) in [5, 5.41) is 12.2. The molecule has 0 fully saturated rings. The van der Waals surface area contributed by atoms with E-state index in [1.165, 1.54) is 38.5 Å². The van der Waals surface area contributed by atoms with Crippen LogP contribution in [0.25, 0.3) is 0 Å². The highest BCUT2D eigenvalue weighted by molar-refractivity contribution is 5.63. The summed E-state index contributed by atoms with van der Waals surface area (Å²) in [6.07, 6.45) is 8.68. The van der Waals surface area contributed by atoms with Crippen molar-refractivity contribution >= 4 is 6.09 Å².